The Morgan fingerprint density at radius 1 is 1.22 bits per heavy atom. The first-order valence-corrected chi connectivity index (χ1v) is 9.77. The van der Waals surface area contributed by atoms with Crippen molar-refractivity contribution in [2.24, 2.45) is 5.92 Å². The average molecular weight is 348 g/mol. The third-order valence-electron chi connectivity index (χ3n) is 4.32. The lowest BCUT2D eigenvalue weighted by atomic mass is 9.88. The fraction of sp³-hybridized carbons (Fsp3) is 0.867. The van der Waals surface area contributed by atoms with E-state index in [4.69, 9.17) is 0 Å². The number of hydrogen-bond acceptors (Lipinski definition) is 4. The van der Waals surface area contributed by atoms with Crippen molar-refractivity contribution >= 4 is 21.9 Å². The maximum atomic E-state index is 12.1. The Bertz CT molecular complexity index is 526. The molecule has 1 aliphatic rings. The minimum absolute atomic E-state index is 0.134. The Labute approximate surface area is 138 Å². The van der Waals surface area contributed by atoms with Gasteiger partial charge in [-0.2, -0.15) is 0 Å². The SMILES string of the molecule is CCCC(C)(NC(=O)CS(=O)(=O)NC1CCC(C)CC1)C(=O)O. The Hall–Kier alpha value is -1.15. The molecular formula is C15H28N2O5S. The number of sulfonamides is 1. The predicted molar refractivity (Wildman–Crippen MR) is 87.4 cm³/mol. The molecule has 1 saturated carbocycles. The second-order valence-corrected chi connectivity index (χ2v) is 8.52. The summed E-state index contributed by atoms with van der Waals surface area (Å²) < 4.78 is 26.7. The summed E-state index contributed by atoms with van der Waals surface area (Å²) in [6.07, 6.45) is 4.27. The number of hydrogen-bond donors (Lipinski definition) is 3. The van der Waals surface area contributed by atoms with Crippen molar-refractivity contribution in [3.05, 3.63) is 0 Å². The second-order valence-electron chi connectivity index (χ2n) is 6.77. The van der Waals surface area contributed by atoms with E-state index in [1.165, 1.54) is 6.92 Å². The van der Waals surface area contributed by atoms with Gasteiger partial charge in [0.2, 0.25) is 15.9 Å². The van der Waals surface area contributed by atoms with Gasteiger partial charge in [-0.25, -0.2) is 17.9 Å². The van der Waals surface area contributed by atoms with Crippen LogP contribution >= 0.6 is 0 Å². The zero-order valence-electron chi connectivity index (χ0n) is 14.1. The van der Waals surface area contributed by atoms with Crippen LogP contribution in [0.1, 0.15) is 59.3 Å². The van der Waals surface area contributed by atoms with E-state index in [1.54, 1.807) is 6.92 Å². The van der Waals surface area contributed by atoms with Gasteiger partial charge in [0, 0.05) is 6.04 Å². The molecule has 3 N–H and O–H groups in total. The van der Waals surface area contributed by atoms with Gasteiger partial charge in [0.1, 0.15) is 11.3 Å². The standard InChI is InChI=1S/C15H28N2O5S/c1-4-9-15(3,14(19)20)16-13(18)10-23(21,22)17-12-7-5-11(2)6-8-12/h11-12,17H,4-10H2,1-3H3,(H,16,18)(H,19,20). The molecule has 0 aromatic carbocycles. The summed E-state index contributed by atoms with van der Waals surface area (Å²) >= 11 is 0. The highest BCUT2D eigenvalue weighted by molar-refractivity contribution is 7.90. The zero-order chi connectivity index (χ0) is 17.7. The maximum absolute atomic E-state index is 12.1. The van der Waals surface area contributed by atoms with E-state index in [0.29, 0.717) is 12.3 Å². The van der Waals surface area contributed by atoms with Gasteiger partial charge < -0.3 is 10.4 Å². The number of nitrogens with one attached hydrogen (secondary N) is 2. The summed E-state index contributed by atoms with van der Waals surface area (Å²) in [5.74, 6) is -2.10. The van der Waals surface area contributed by atoms with Crippen molar-refractivity contribution in [3.63, 3.8) is 0 Å². The minimum atomic E-state index is -3.77. The summed E-state index contributed by atoms with van der Waals surface area (Å²) in [4.78, 5) is 23.2. The molecule has 0 bridgehead atoms. The van der Waals surface area contributed by atoms with E-state index < -0.39 is 33.2 Å². The molecule has 0 heterocycles. The lowest BCUT2D eigenvalue weighted by molar-refractivity contribution is -0.146. The van der Waals surface area contributed by atoms with Gasteiger partial charge in [-0.1, -0.05) is 20.3 Å². The van der Waals surface area contributed by atoms with Gasteiger partial charge in [0.05, 0.1) is 0 Å². The molecule has 8 heteroatoms. The average Bonchev–Trinajstić information content (AvgIpc) is 2.40. The number of rotatable bonds is 8. The number of carboxylic acids is 1. The Morgan fingerprint density at radius 3 is 2.26 bits per heavy atom. The molecule has 0 saturated heterocycles. The highest BCUT2D eigenvalue weighted by Crippen LogP contribution is 2.23. The molecule has 0 aliphatic heterocycles. The van der Waals surface area contributed by atoms with Gasteiger partial charge in [0.25, 0.3) is 0 Å². The van der Waals surface area contributed by atoms with E-state index >= 15 is 0 Å². The minimum Gasteiger partial charge on any atom is -0.480 e. The molecule has 1 amide bonds. The van der Waals surface area contributed by atoms with E-state index in [-0.39, 0.29) is 12.5 Å². The van der Waals surface area contributed by atoms with Crippen LogP contribution in [0.3, 0.4) is 0 Å². The molecule has 1 fully saturated rings. The van der Waals surface area contributed by atoms with Crippen molar-refractivity contribution in [1.29, 1.82) is 0 Å². The summed E-state index contributed by atoms with van der Waals surface area (Å²) in [5.41, 5.74) is -1.44. The fourth-order valence-corrected chi connectivity index (χ4v) is 4.16. The third kappa shape index (κ3) is 6.47. The first kappa shape index (κ1) is 19.9. The summed E-state index contributed by atoms with van der Waals surface area (Å²) in [5, 5.41) is 11.6. The molecule has 0 aromatic rings. The first-order chi connectivity index (χ1) is 10.6. The molecule has 1 aliphatic carbocycles. The second kappa shape index (κ2) is 8.10. The van der Waals surface area contributed by atoms with Crippen molar-refractivity contribution in [1.82, 2.24) is 10.0 Å². The molecule has 1 rings (SSSR count). The summed E-state index contributed by atoms with van der Waals surface area (Å²) in [7, 11) is -3.77. The predicted octanol–water partition coefficient (Wildman–Crippen LogP) is 1.24. The molecule has 7 nitrogen and oxygen atoms in total. The van der Waals surface area contributed by atoms with E-state index in [2.05, 4.69) is 17.0 Å². The molecule has 1 atom stereocenters. The third-order valence-corrected chi connectivity index (χ3v) is 5.66. The van der Waals surface area contributed by atoms with Crippen LogP contribution in [-0.4, -0.2) is 42.7 Å². The van der Waals surface area contributed by atoms with E-state index in [0.717, 1.165) is 25.7 Å². The van der Waals surface area contributed by atoms with Gasteiger partial charge in [0.15, 0.2) is 0 Å². The van der Waals surface area contributed by atoms with Gasteiger partial charge in [-0.3, -0.25) is 4.79 Å². The smallest absolute Gasteiger partial charge is 0.329 e. The van der Waals surface area contributed by atoms with Gasteiger partial charge in [-0.15, -0.1) is 0 Å². The van der Waals surface area contributed by atoms with Crippen LogP contribution in [0.2, 0.25) is 0 Å². The normalized spacial score (nSPS) is 24.7. The summed E-state index contributed by atoms with van der Waals surface area (Å²) in [6.45, 7) is 5.33. The van der Waals surface area contributed by atoms with Crippen LogP contribution in [0.5, 0.6) is 0 Å². The molecule has 1 unspecified atom stereocenters. The highest BCUT2D eigenvalue weighted by Gasteiger charge is 2.35. The van der Waals surface area contributed by atoms with Crippen LogP contribution in [0.4, 0.5) is 0 Å². The van der Waals surface area contributed by atoms with Crippen LogP contribution < -0.4 is 10.0 Å². The Morgan fingerprint density at radius 2 is 1.78 bits per heavy atom. The lowest BCUT2D eigenvalue weighted by Gasteiger charge is -2.28. The molecule has 23 heavy (non-hydrogen) atoms. The monoisotopic (exact) mass is 348 g/mol. The molecule has 134 valence electrons. The van der Waals surface area contributed by atoms with Crippen LogP contribution in [0, 0.1) is 5.92 Å². The Balaban J connectivity index is 2.59. The van der Waals surface area contributed by atoms with Crippen molar-refractivity contribution in [2.75, 3.05) is 5.75 Å². The van der Waals surface area contributed by atoms with Gasteiger partial charge >= 0.3 is 5.97 Å². The highest BCUT2D eigenvalue weighted by atomic mass is 32.2. The molecule has 0 radical (unpaired) electrons. The van der Waals surface area contributed by atoms with Crippen LogP contribution in [0.15, 0.2) is 0 Å². The lowest BCUT2D eigenvalue weighted by Crippen LogP contribution is -2.54. The van der Waals surface area contributed by atoms with Gasteiger partial charge in [-0.05, 0) is 44.9 Å². The van der Waals surface area contributed by atoms with Crippen molar-refractivity contribution in [3.8, 4) is 0 Å². The number of carboxylic acid groups (broad SMARTS) is 1. The van der Waals surface area contributed by atoms with E-state index in [9.17, 15) is 23.1 Å². The zero-order valence-corrected chi connectivity index (χ0v) is 14.9. The maximum Gasteiger partial charge on any atom is 0.329 e. The quantitative estimate of drug-likeness (QED) is 0.611. The fourth-order valence-electron chi connectivity index (χ4n) is 2.91. The topological polar surface area (TPSA) is 113 Å². The molecule has 0 spiro atoms. The first-order valence-electron chi connectivity index (χ1n) is 8.12. The molecular weight excluding hydrogens is 320 g/mol. The van der Waals surface area contributed by atoms with Crippen molar-refractivity contribution in [2.45, 2.75) is 70.9 Å². The van der Waals surface area contributed by atoms with Crippen LogP contribution in [-0.2, 0) is 19.6 Å². The number of carbonyl (C=O) groups excluding carboxylic acids is 1. The molecule has 0 aromatic heterocycles. The largest absolute Gasteiger partial charge is 0.480 e. The number of aliphatic carboxylic acids is 1. The number of carbonyl (C=O) groups is 2. The van der Waals surface area contributed by atoms with Crippen LogP contribution in [0.25, 0.3) is 0 Å². The Kier molecular flexibility index (Phi) is 7.01. The number of amides is 1. The van der Waals surface area contributed by atoms with Crippen molar-refractivity contribution < 1.29 is 23.1 Å². The van der Waals surface area contributed by atoms with E-state index in [1.807, 2.05) is 0 Å². The summed E-state index contributed by atoms with van der Waals surface area (Å²) in [6, 6.07) is -0.134.